The normalized spacial score (nSPS) is 18.8. The minimum atomic E-state index is -1.15. The molecule has 5 heterocycles. The molecular formula is C88H100N8O10S6. The molecule has 0 spiro atoms. The average molecular weight is 1620 g/mol. The van der Waals surface area contributed by atoms with Gasteiger partial charge in [0, 0.05) is 28.7 Å². The van der Waals surface area contributed by atoms with Crippen LogP contribution in [0.2, 0.25) is 0 Å². The number of nitrogens with zero attached hydrogens (tertiary/aromatic N) is 4. The lowest BCUT2D eigenvalue weighted by atomic mass is 9.84. The van der Waals surface area contributed by atoms with Crippen molar-refractivity contribution in [2.75, 3.05) is 23.0 Å². The first-order chi connectivity index (χ1) is 53.8. The van der Waals surface area contributed by atoms with Crippen LogP contribution < -0.4 is 21.3 Å². The summed E-state index contributed by atoms with van der Waals surface area (Å²) in [6, 6.07) is 61.7. The van der Waals surface area contributed by atoms with E-state index in [4.69, 9.17) is 24.2 Å². The van der Waals surface area contributed by atoms with Gasteiger partial charge in [0.25, 0.3) is 0 Å². The minimum Gasteiger partial charge on any atom is -0.456 e. The number of nitrogens with one attached hydrogen (secondary N) is 4. The number of unbranched alkanes of at least 4 members (excludes halogenated alkanes) is 2. The molecule has 588 valence electrons. The van der Waals surface area contributed by atoms with Crippen molar-refractivity contribution in [1.82, 2.24) is 31.2 Å². The van der Waals surface area contributed by atoms with Crippen molar-refractivity contribution >= 4 is 121 Å². The number of aliphatic imine (C=N–C) groups is 2. The van der Waals surface area contributed by atoms with Crippen LogP contribution in [0.1, 0.15) is 163 Å². The first-order valence-corrected chi connectivity index (χ1v) is 43.5. The lowest BCUT2D eigenvalue weighted by Gasteiger charge is -2.35. The van der Waals surface area contributed by atoms with E-state index in [0.29, 0.717) is 38.0 Å². The fourth-order valence-corrected chi connectivity index (χ4v) is 19.8. The maximum atomic E-state index is 13.7. The molecule has 11 rings (SSSR count). The van der Waals surface area contributed by atoms with Gasteiger partial charge in [-0.15, -0.1) is 69.7 Å². The largest absolute Gasteiger partial charge is 0.456 e. The van der Waals surface area contributed by atoms with E-state index in [1.165, 1.54) is 86.5 Å². The number of ether oxygens (including phenoxy) is 3. The highest BCUT2D eigenvalue weighted by Gasteiger charge is 2.45. The number of cyclic esters (lactones) is 1. The molecule has 0 fully saturated rings. The summed E-state index contributed by atoms with van der Waals surface area (Å²) in [6.07, 6.45) is 8.57. The van der Waals surface area contributed by atoms with Gasteiger partial charge in [0.15, 0.2) is 0 Å². The lowest BCUT2D eigenvalue weighted by Crippen LogP contribution is -2.53. The van der Waals surface area contributed by atoms with Crippen LogP contribution in [0.25, 0.3) is 0 Å². The Hall–Kier alpha value is -8.91. The van der Waals surface area contributed by atoms with Crippen molar-refractivity contribution in [3.63, 3.8) is 0 Å². The number of alkyl carbamates (subject to hydrolysis) is 1. The van der Waals surface area contributed by atoms with Gasteiger partial charge in [0.1, 0.15) is 78.2 Å². The van der Waals surface area contributed by atoms with Gasteiger partial charge < -0.3 is 35.5 Å². The van der Waals surface area contributed by atoms with Crippen molar-refractivity contribution in [3.05, 3.63) is 272 Å². The maximum Gasteiger partial charge on any atom is 0.408 e. The van der Waals surface area contributed by atoms with E-state index in [0.717, 1.165) is 42.2 Å². The second-order valence-electron chi connectivity index (χ2n) is 29.7. The molecule has 6 atom stereocenters. The number of ketones is 1. The first kappa shape index (κ1) is 85.5. The smallest absolute Gasteiger partial charge is 0.408 e. The van der Waals surface area contributed by atoms with Gasteiger partial charge >= 0.3 is 18.0 Å². The summed E-state index contributed by atoms with van der Waals surface area (Å²) >= 11 is 9.46. The minimum absolute atomic E-state index is 0.0276. The second kappa shape index (κ2) is 40.2. The van der Waals surface area contributed by atoms with Crippen molar-refractivity contribution in [2.24, 2.45) is 21.8 Å². The monoisotopic (exact) mass is 1620 g/mol. The molecule has 3 aliphatic rings. The van der Waals surface area contributed by atoms with Crippen LogP contribution in [0.15, 0.2) is 227 Å². The summed E-state index contributed by atoms with van der Waals surface area (Å²) < 4.78 is 16.4. The van der Waals surface area contributed by atoms with Crippen molar-refractivity contribution in [1.29, 1.82) is 0 Å². The van der Waals surface area contributed by atoms with Gasteiger partial charge in [-0.05, 0) is 136 Å². The number of benzene rings is 6. The summed E-state index contributed by atoms with van der Waals surface area (Å²) in [6.45, 7) is 18.2. The van der Waals surface area contributed by atoms with Gasteiger partial charge in [0.2, 0.25) is 17.7 Å². The number of hydrogen-bond donors (Lipinski definition) is 4. The zero-order chi connectivity index (χ0) is 79.9. The predicted molar refractivity (Wildman–Crippen MR) is 457 cm³/mol. The molecule has 18 nitrogen and oxygen atoms in total. The summed E-state index contributed by atoms with van der Waals surface area (Å²) in [5.41, 5.74) is 5.75. The molecule has 8 aromatic rings. The van der Waals surface area contributed by atoms with E-state index in [2.05, 4.69) is 177 Å². The third kappa shape index (κ3) is 22.9. The molecule has 0 aliphatic carbocycles. The third-order valence-corrected chi connectivity index (χ3v) is 26.2. The average Bonchev–Trinajstić information content (AvgIpc) is 0.915. The SMILES string of the molecule is CC(=O)CC(/C=C/CCCSC(c1ccccc1)(c1ccccc1)c1ccccc1)OC(=O)[C@@H](NC(=O)[C@]1(C)CSC(c2csc(CNC(=O)OC(C)(C)C)n2)=N1)C(C)C.CC(C)[C@@H]1NC(=O)[C@]2(C)CSC(=N2)c2csc(n2)CNC(=O)C[C@@H](/C=C/CCCSC(c2ccccc2)(c2ccccc2)c2ccccc2)OC1=O. The Morgan fingerprint density at radius 3 is 1.62 bits per heavy atom. The predicted octanol–water partition coefficient (Wildman–Crippen LogP) is 17.0. The zero-order valence-electron chi connectivity index (χ0n) is 65.1. The van der Waals surface area contributed by atoms with Gasteiger partial charge in [-0.3, -0.25) is 29.2 Å². The molecule has 1 unspecified atom stereocenters. The van der Waals surface area contributed by atoms with E-state index in [1.54, 1.807) is 46.8 Å². The van der Waals surface area contributed by atoms with E-state index in [-0.39, 0.29) is 55.4 Å². The quantitative estimate of drug-likeness (QED) is 0.0112. The maximum absolute atomic E-state index is 13.7. The van der Waals surface area contributed by atoms with Crippen LogP contribution in [0.4, 0.5) is 4.79 Å². The standard InChI is InChI=1S/C47H56N4O6S3.C41H44N4O4S3/c1-32(2)40(50-43(54)46(7)31-59-41(51-46)38-30-58-39(49-38)29-48-44(55)57-45(4,5)6)42(53)56-37(28-33(3)52)26-18-11-19-27-60-47(34-20-12-8-13-21-34,35-22-14-9-15-23-35)36-24-16-10-17-25-36;1-28(2)36-38(47)49-32(24-34(46)42-25-35-43-33(26-50-35)37-45-40(3,27-51-37)39(48)44-36)22-14-7-15-23-52-41(29-16-8-4-9-17-29,30-18-10-5-11-19-30)31-20-12-6-13-21-31/h8-10,12-18,20-26,30,32,37,40H,11,19,27-29,31H2,1-7H3,(H,48,55)(H,50,54);4-6,8-14,16-22,26,28,32,36H,7,15,23-25,27H2,1-3H3,(H,42,46)(H,44,48)/b26-18+;22-14+/t37?,40-,46-;32-,36+,40+/m01/s1. The molecule has 4 N–H and O–H groups in total. The highest BCUT2D eigenvalue weighted by molar-refractivity contribution is 8.15. The number of Topliss-reactive ketones (excluding diaryl/α,β-unsaturated/α-hetero) is 1. The van der Waals surface area contributed by atoms with E-state index in [9.17, 15) is 33.6 Å². The zero-order valence-corrected chi connectivity index (χ0v) is 70.0. The van der Waals surface area contributed by atoms with E-state index >= 15 is 0 Å². The molecule has 24 heteroatoms. The Morgan fingerprint density at radius 2 is 1.13 bits per heavy atom. The Bertz CT molecular complexity index is 4400. The number of esters is 2. The molecule has 3 aliphatic heterocycles. The van der Waals surface area contributed by atoms with E-state index < -0.39 is 74.4 Å². The number of hydrogen-bond acceptors (Lipinski definition) is 20. The van der Waals surface area contributed by atoms with E-state index in [1.807, 2.05) is 111 Å². The molecule has 2 aromatic heterocycles. The van der Waals surface area contributed by atoms with Crippen molar-refractivity contribution in [3.8, 4) is 0 Å². The van der Waals surface area contributed by atoms with Crippen LogP contribution in [-0.2, 0) is 65.6 Å². The number of allylic oxidation sites excluding steroid dienone is 2. The van der Waals surface area contributed by atoms with Gasteiger partial charge in [0.05, 0.1) is 29.0 Å². The molecule has 0 saturated carbocycles. The molecule has 4 bridgehead atoms. The molecule has 0 radical (unpaired) electrons. The Kier molecular flexibility index (Phi) is 30.7. The van der Waals surface area contributed by atoms with Crippen molar-refractivity contribution < 1.29 is 47.8 Å². The molecule has 112 heavy (non-hydrogen) atoms. The summed E-state index contributed by atoms with van der Waals surface area (Å²) in [5, 5.41) is 17.9. The number of thiazole rings is 2. The molecular weight excluding hydrogens is 1520 g/mol. The van der Waals surface area contributed by atoms with Crippen LogP contribution >= 0.6 is 69.7 Å². The number of aromatic nitrogens is 2. The van der Waals surface area contributed by atoms with Gasteiger partial charge in [-0.1, -0.05) is 222 Å². The first-order valence-electron chi connectivity index (χ1n) is 37.8. The third-order valence-electron chi connectivity index (χ3n) is 18.7. The summed E-state index contributed by atoms with van der Waals surface area (Å²) in [4.78, 5) is 111. The highest BCUT2D eigenvalue weighted by atomic mass is 32.2. The summed E-state index contributed by atoms with van der Waals surface area (Å²) in [7, 11) is 0. The Balaban J connectivity index is 0.000000240. The number of amides is 4. The molecule has 6 aromatic carbocycles. The van der Waals surface area contributed by atoms with Crippen LogP contribution in [0, 0.1) is 11.8 Å². The number of carbonyl (C=O) groups is 7. The number of fused-ring (bicyclic) bond motifs is 4. The van der Waals surface area contributed by atoms with Gasteiger partial charge in [-0.25, -0.2) is 24.4 Å². The summed E-state index contributed by atoms with van der Waals surface area (Å²) in [5.74, 6) is -0.347. The van der Waals surface area contributed by atoms with Crippen LogP contribution in [0.5, 0.6) is 0 Å². The number of rotatable bonds is 29. The highest BCUT2D eigenvalue weighted by Crippen LogP contribution is 2.50. The molecule has 4 amide bonds. The number of carbonyl (C=O) groups excluding carboxylic acids is 7. The Morgan fingerprint density at radius 1 is 0.652 bits per heavy atom. The fraction of sp³-hybridized carbons (Fsp3) is 0.375. The molecule has 0 saturated heterocycles. The van der Waals surface area contributed by atoms with Crippen LogP contribution in [0.3, 0.4) is 0 Å². The Labute approximate surface area is 683 Å². The van der Waals surface area contributed by atoms with Gasteiger partial charge in [-0.2, -0.15) is 0 Å². The topological polar surface area (TPSA) is 246 Å². The second-order valence-corrected chi connectivity index (χ2v) is 36.1. The lowest BCUT2D eigenvalue weighted by molar-refractivity contribution is -0.154. The number of thioether (sulfide) groups is 4. The fourth-order valence-electron chi connectivity index (χ4n) is 12.9. The van der Waals surface area contributed by atoms with Crippen molar-refractivity contribution in [2.45, 2.75) is 171 Å². The van der Waals surface area contributed by atoms with Crippen LogP contribution in [-0.4, -0.2) is 126 Å².